The van der Waals surface area contributed by atoms with Gasteiger partial charge in [0.15, 0.2) is 0 Å². The summed E-state index contributed by atoms with van der Waals surface area (Å²) in [6, 6.07) is 0. The van der Waals surface area contributed by atoms with Gasteiger partial charge in [0.2, 0.25) is 0 Å². The lowest BCUT2D eigenvalue weighted by molar-refractivity contribution is -0.149. The van der Waals surface area contributed by atoms with Gasteiger partial charge in [0, 0.05) is 13.8 Å². The number of rotatable bonds is 4. The third-order valence-corrected chi connectivity index (χ3v) is 0.794. The van der Waals surface area contributed by atoms with Crippen molar-refractivity contribution in [2.45, 2.75) is 13.8 Å². The Labute approximate surface area is 95.5 Å². The highest BCUT2D eigenvalue weighted by molar-refractivity contribution is 5.66. The smallest absolute Gasteiger partial charge is 0.302 e. The fourth-order valence-corrected chi connectivity index (χ4v) is 0.371. The standard InChI is InChI=1S/C6H10O4.C2H6O2.C2H4/c1-5(7)9-3-4-10-6(2)8;3-1-2-4;1-2/h3-4H2,1-2H3;3-4H,1-2H2;1-2H2. The number of ether oxygens (including phenoxy) is 2. The van der Waals surface area contributed by atoms with Gasteiger partial charge >= 0.3 is 11.9 Å². The van der Waals surface area contributed by atoms with Crippen molar-refractivity contribution in [3.63, 3.8) is 0 Å². The molecule has 0 aliphatic carbocycles. The van der Waals surface area contributed by atoms with E-state index in [1.54, 1.807) is 0 Å². The van der Waals surface area contributed by atoms with Crippen molar-refractivity contribution in [2.24, 2.45) is 0 Å². The quantitative estimate of drug-likeness (QED) is 0.402. The van der Waals surface area contributed by atoms with Gasteiger partial charge in [0.05, 0.1) is 13.2 Å². The number of aliphatic hydroxyl groups is 2. The average Bonchev–Trinajstić information content (AvgIpc) is 2.27. The maximum absolute atomic E-state index is 10.1. The average molecular weight is 236 g/mol. The third-order valence-electron chi connectivity index (χ3n) is 0.794. The molecule has 6 nitrogen and oxygen atoms in total. The lowest BCUT2D eigenvalue weighted by Crippen LogP contribution is -2.09. The Balaban J connectivity index is -0.000000237. The molecule has 0 saturated heterocycles. The molecule has 0 radical (unpaired) electrons. The zero-order valence-electron chi connectivity index (χ0n) is 9.77. The summed E-state index contributed by atoms with van der Waals surface area (Å²) in [4.78, 5) is 20.3. The van der Waals surface area contributed by atoms with E-state index < -0.39 is 0 Å². The van der Waals surface area contributed by atoms with Crippen molar-refractivity contribution in [1.29, 1.82) is 0 Å². The molecule has 0 amide bonds. The van der Waals surface area contributed by atoms with Crippen LogP contribution in [-0.4, -0.2) is 48.6 Å². The summed E-state index contributed by atoms with van der Waals surface area (Å²) in [6.07, 6.45) is 0. The molecule has 0 aromatic heterocycles. The Hall–Kier alpha value is -1.40. The van der Waals surface area contributed by atoms with Gasteiger partial charge < -0.3 is 19.7 Å². The first-order chi connectivity index (χ1) is 7.54. The van der Waals surface area contributed by atoms with Gasteiger partial charge in [0.25, 0.3) is 0 Å². The minimum atomic E-state index is -0.368. The van der Waals surface area contributed by atoms with Gasteiger partial charge in [-0.25, -0.2) is 0 Å². The Bertz CT molecular complexity index is 151. The second-order valence-electron chi connectivity index (χ2n) is 2.13. The molecule has 0 bridgehead atoms. The molecule has 0 aliphatic heterocycles. The van der Waals surface area contributed by atoms with Crippen LogP contribution in [0.5, 0.6) is 0 Å². The lowest BCUT2D eigenvalue weighted by Gasteiger charge is -2.00. The van der Waals surface area contributed by atoms with Crippen molar-refractivity contribution >= 4 is 11.9 Å². The van der Waals surface area contributed by atoms with Crippen molar-refractivity contribution in [2.75, 3.05) is 26.4 Å². The van der Waals surface area contributed by atoms with Gasteiger partial charge in [-0.05, 0) is 0 Å². The maximum Gasteiger partial charge on any atom is 0.302 e. The number of aliphatic hydroxyl groups excluding tert-OH is 2. The van der Waals surface area contributed by atoms with E-state index in [4.69, 9.17) is 10.2 Å². The molecule has 6 heteroatoms. The topological polar surface area (TPSA) is 93.1 Å². The van der Waals surface area contributed by atoms with E-state index in [0.717, 1.165) is 0 Å². The highest BCUT2D eigenvalue weighted by atomic mass is 16.6. The van der Waals surface area contributed by atoms with Crippen LogP contribution in [0.4, 0.5) is 0 Å². The van der Waals surface area contributed by atoms with Crippen LogP contribution < -0.4 is 0 Å². The molecule has 16 heavy (non-hydrogen) atoms. The lowest BCUT2D eigenvalue weighted by atomic mass is 10.7. The van der Waals surface area contributed by atoms with Crippen molar-refractivity contribution in [1.82, 2.24) is 0 Å². The summed E-state index contributed by atoms with van der Waals surface area (Å²) in [6.45, 7) is 8.62. The van der Waals surface area contributed by atoms with E-state index in [9.17, 15) is 9.59 Å². The van der Waals surface area contributed by atoms with Crippen LogP contribution in [0.2, 0.25) is 0 Å². The summed E-state index contributed by atoms with van der Waals surface area (Å²) in [5, 5.41) is 15.2. The molecule has 96 valence electrons. The van der Waals surface area contributed by atoms with Gasteiger partial charge in [0.1, 0.15) is 13.2 Å². The number of carbonyl (C=O) groups is 2. The van der Waals surface area contributed by atoms with Crippen molar-refractivity contribution < 1.29 is 29.3 Å². The fraction of sp³-hybridized carbons (Fsp3) is 0.600. The second kappa shape index (κ2) is 19.2. The number of esters is 2. The van der Waals surface area contributed by atoms with Crippen LogP contribution >= 0.6 is 0 Å². The predicted molar refractivity (Wildman–Crippen MR) is 58.7 cm³/mol. The first-order valence-electron chi connectivity index (χ1n) is 4.53. The monoisotopic (exact) mass is 236 g/mol. The van der Waals surface area contributed by atoms with E-state index in [2.05, 4.69) is 22.6 Å². The molecule has 0 unspecified atom stereocenters. The van der Waals surface area contributed by atoms with Gasteiger partial charge in [-0.15, -0.1) is 13.2 Å². The van der Waals surface area contributed by atoms with E-state index in [-0.39, 0.29) is 38.4 Å². The van der Waals surface area contributed by atoms with Gasteiger partial charge in [-0.3, -0.25) is 9.59 Å². The second-order valence-corrected chi connectivity index (χ2v) is 2.13. The Kier molecular flexibility index (Phi) is 24.1. The molecular weight excluding hydrogens is 216 g/mol. The largest absolute Gasteiger partial charge is 0.462 e. The molecule has 0 heterocycles. The summed E-state index contributed by atoms with van der Waals surface area (Å²) in [5.41, 5.74) is 0. The summed E-state index contributed by atoms with van der Waals surface area (Å²) >= 11 is 0. The van der Waals surface area contributed by atoms with E-state index >= 15 is 0 Å². The number of hydrogen-bond donors (Lipinski definition) is 2. The van der Waals surface area contributed by atoms with Crippen LogP contribution in [0.3, 0.4) is 0 Å². The molecule has 2 N–H and O–H groups in total. The van der Waals surface area contributed by atoms with Crippen LogP contribution in [0.25, 0.3) is 0 Å². The Morgan fingerprint density at radius 1 is 0.938 bits per heavy atom. The minimum Gasteiger partial charge on any atom is -0.462 e. The van der Waals surface area contributed by atoms with Crippen LogP contribution in [0, 0.1) is 0 Å². The van der Waals surface area contributed by atoms with E-state index in [0.29, 0.717) is 0 Å². The van der Waals surface area contributed by atoms with Crippen LogP contribution in [0.1, 0.15) is 13.8 Å². The molecule has 0 atom stereocenters. The Morgan fingerprint density at radius 2 is 1.19 bits per heavy atom. The fourth-order valence-electron chi connectivity index (χ4n) is 0.371. The molecule has 0 aromatic rings. The molecule has 0 spiro atoms. The SMILES string of the molecule is C=C.CC(=O)OCCOC(C)=O.OCCO. The highest BCUT2D eigenvalue weighted by Gasteiger charge is 1.94. The molecule has 0 aromatic carbocycles. The predicted octanol–water partition coefficient (Wildman–Crippen LogP) is -0.114. The first-order valence-corrected chi connectivity index (χ1v) is 4.53. The van der Waals surface area contributed by atoms with Crippen molar-refractivity contribution in [3.05, 3.63) is 13.2 Å². The number of hydrogen-bond acceptors (Lipinski definition) is 6. The van der Waals surface area contributed by atoms with Gasteiger partial charge in [-0.2, -0.15) is 0 Å². The molecule has 0 rings (SSSR count). The van der Waals surface area contributed by atoms with Crippen LogP contribution in [0.15, 0.2) is 13.2 Å². The highest BCUT2D eigenvalue weighted by Crippen LogP contribution is 1.79. The first kappa shape index (κ1) is 20.1. The molecule has 0 aliphatic rings. The van der Waals surface area contributed by atoms with Crippen LogP contribution in [-0.2, 0) is 19.1 Å². The normalized spacial score (nSPS) is 7.50. The number of carbonyl (C=O) groups excluding carboxylic acids is 2. The molecular formula is C10H20O6. The minimum absolute atomic E-state index is 0.125. The van der Waals surface area contributed by atoms with Crippen molar-refractivity contribution in [3.8, 4) is 0 Å². The molecule has 0 saturated carbocycles. The van der Waals surface area contributed by atoms with Gasteiger partial charge in [-0.1, -0.05) is 0 Å². The summed E-state index contributed by atoms with van der Waals surface area (Å²) in [7, 11) is 0. The summed E-state index contributed by atoms with van der Waals surface area (Å²) < 4.78 is 8.95. The summed E-state index contributed by atoms with van der Waals surface area (Å²) in [5.74, 6) is -0.737. The van der Waals surface area contributed by atoms with E-state index in [1.807, 2.05) is 0 Å². The Morgan fingerprint density at radius 3 is 1.31 bits per heavy atom. The van der Waals surface area contributed by atoms with E-state index in [1.165, 1.54) is 13.8 Å². The maximum atomic E-state index is 10.1. The third kappa shape index (κ3) is 38.9. The molecule has 0 fully saturated rings. The zero-order chi connectivity index (χ0) is 13.4. The zero-order valence-corrected chi connectivity index (χ0v) is 9.77.